The molecule has 2 nitrogen and oxygen atoms in total. The minimum absolute atomic E-state index is 0. The van der Waals surface area contributed by atoms with Gasteiger partial charge < -0.3 is 5.11 Å². The molecule has 1 N–H and O–H groups in total. The van der Waals surface area contributed by atoms with E-state index in [1.165, 1.54) is 0 Å². The molecule has 0 aliphatic carbocycles. The van der Waals surface area contributed by atoms with Crippen LogP contribution in [0.3, 0.4) is 0 Å². The zero-order valence-corrected chi connectivity index (χ0v) is 9.34. The van der Waals surface area contributed by atoms with Crippen LogP contribution in [0.25, 0.3) is 0 Å². The van der Waals surface area contributed by atoms with Crippen LogP contribution in [0.4, 0.5) is 0 Å². The summed E-state index contributed by atoms with van der Waals surface area (Å²) in [7, 11) is 0. The van der Waals surface area contributed by atoms with Gasteiger partial charge in [-0.3, -0.25) is 4.79 Å². The number of alkyl halides is 1. The number of carbonyl (C=O) groups is 1. The Morgan fingerprint density at radius 3 is 2.00 bits per heavy atom. The third-order valence-corrected chi connectivity index (χ3v) is 0.767. The Morgan fingerprint density at radius 1 is 1.83 bits per heavy atom. The average molecular weight is 298 g/mol. The Morgan fingerprint density at radius 2 is 2.00 bits per heavy atom. The van der Waals surface area contributed by atoms with Crippen molar-refractivity contribution in [2.75, 3.05) is 4.43 Å². The molecule has 0 unspecified atom stereocenters. The summed E-state index contributed by atoms with van der Waals surface area (Å²) >= 11 is 1.78. The summed E-state index contributed by atoms with van der Waals surface area (Å²) in [4.78, 5) is 9.36. The second kappa shape index (κ2) is 6.12. The molecule has 0 spiro atoms. The maximum atomic E-state index is 9.36. The fraction of sp³-hybridized carbons (Fsp3) is 0.500. The summed E-state index contributed by atoms with van der Waals surface area (Å²) in [5, 5.41) is 7.71. The fourth-order valence-corrected chi connectivity index (χ4v) is 0. The van der Waals surface area contributed by atoms with Crippen LogP contribution in [0.5, 0.6) is 0 Å². The topological polar surface area (TPSA) is 37.3 Å². The van der Waals surface area contributed by atoms with E-state index >= 15 is 0 Å². The van der Waals surface area contributed by atoms with Crippen molar-refractivity contribution < 1.29 is 37.2 Å². The Labute approximate surface area is 69.6 Å². The Hall–Kier alpha value is 1.12. The van der Waals surface area contributed by atoms with Crippen molar-refractivity contribution in [1.82, 2.24) is 0 Å². The molecule has 0 atom stereocenters. The summed E-state index contributed by atoms with van der Waals surface area (Å²) in [6, 6.07) is 0. The van der Waals surface area contributed by atoms with Crippen molar-refractivity contribution in [3.63, 3.8) is 0 Å². The third kappa shape index (κ3) is 8.93. The van der Waals surface area contributed by atoms with Crippen molar-refractivity contribution in [2.24, 2.45) is 0 Å². The van der Waals surface area contributed by atoms with Crippen molar-refractivity contribution >= 4 is 28.6 Å². The molecule has 0 saturated heterocycles. The predicted octanol–water partition coefficient (Wildman–Crippen LogP) is 0.504. The van der Waals surface area contributed by atoms with Gasteiger partial charge in [0.2, 0.25) is 0 Å². The van der Waals surface area contributed by atoms with Crippen LogP contribution in [0, 0.1) is 0 Å². The van der Waals surface area contributed by atoms with Crippen molar-refractivity contribution in [1.29, 1.82) is 0 Å². The van der Waals surface area contributed by atoms with Crippen molar-refractivity contribution in [2.45, 2.75) is 0 Å². The molecule has 32 valence electrons. The first-order chi connectivity index (χ1) is 2.27. The van der Waals surface area contributed by atoms with Gasteiger partial charge in [0.05, 0.1) is 4.43 Å². The van der Waals surface area contributed by atoms with E-state index in [2.05, 4.69) is 0 Å². The van der Waals surface area contributed by atoms with Gasteiger partial charge in [-0.25, -0.2) is 0 Å². The van der Waals surface area contributed by atoms with E-state index < -0.39 is 5.97 Å². The molecule has 0 aliphatic heterocycles. The number of aliphatic carboxylic acids is 1. The van der Waals surface area contributed by atoms with E-state index in [9.17, 15) is 4.79 Å². The normalized spacial score (nSPS) is 6.17. The smallest absolute Gasteiger partial charge is 0.313 e. The van der Waals surface area contributed by atoms with Gasteiger partial charge in [-0.1, -0.05) is 22.6 Å². The molecule has 0 aliphatic rings. The molecule has 0 rings (SSSR count). The molecular weight excluding hydrogens is 295 g/mol. The van der Waals surface area contributed by atoms with Crippen LogP contribution in [-0.2, 0) is 32.1 Å². The first-order valence-electron chi connectivity index (χ1n) is 1.05. The van der Waals surface area contributed by atoms with Crippen molar-refractivity contribution in [3.8, 4) is 0 Å². The second-order valence-corrected chi connectivity index (χ2v) is 1.29. The van der Waals surface area contributed by atoms with Gasteiger partial charge in [-0.15, -0.1) is 0 Å². The van der Waals surface area contributed by atoms with E-state index in [0.717, 1.165) is 0 Å². The van der Waals surface area contributed by atoms with E-state index in [1.807, 2.05) is 0 Å². The zero-order chi connectivity index (χ0) is 4.28. The van der Waals surface area contributed by atoms with E-state index in [4.69, 9.17) is 5.11 Å². The fourth-order valence-electron chi connectivity index (χ4n) is 0. The summed E-state index contributed by atoms with van der Waals surface area (Å²) in [5.74, 6) is -0.759. The summed E-state index contributed by atoms with van der Waals surface area (Å²) in [5.41, 5.74) is 0. The van der Waals surface area contributed by atoms with Crippen LogP contribution < -0.4 is 0 Å². The van der Waals surface area contributed by atoms with Gasteiger partial charge in [0.15, 0.2) is 0 Å². The quantitative estimate of drug-likeness (QED) is 0.435. The van der Waals surface area contributed by atoms with E-state index in [-0.39, 0.29) is 31.7 Å². The van der Waals surface area contributed by atoms with Crippen LogP contribution in [0.15, 0.2) is 0 Å². The molecular formula is C2H3CdIO2. The second-order valence-electron chi connectivity index (χ2n) is 0.527. The molecule has 0 aromatic rings. The number of rotatable bonds is 1. The monoisotopic (exact) mass is 300 g/mol. The molecule has 0 radical (unpaired) electrons. The molecule has 0 bridgehead atoms. The van der Waals surface area contributed by atoms with Gasteiger partial charge in [0, 0.05) is 27.3 Å². The maximum Gasteiger partial charge on any atom is 0.313 e. The van der Waals surface area contributed by atoms with Gasteiger partial charge in [-0.2, -0.15) is 0 Å². The molecule has 0 amide bonds. The number of hydrogen-bond acceptors (Lipinski definition) is 1. The number of hydrogen-bond donors (Lipinski definition) is 1. The first kappa shape index (κ1) is 10.2. The average Bonchev–Trinajstić information content (AvgIpc) is 1.38. The van der Waals surface area contributed by atoms with Gasteiger partial charge >= 0.3 is 5.97 Å². The van der Waals surface area contributed by atoms with Gasteiger partial charge in [0.1, 0.15) is 0 Å². The minimum Gasteiger partial charge on any atom is -0.481 e. The summed E-state index contributed by atoms with van der Waals surface area (Å²) in [6.07, 6.45) is 0. The standard InChI is InChI=1S/C2H3IO2.Cd/c3-1-2(4)5;/h1H2,(H,4,5);. The third-order valence-electron chi connectivity index (χ3n) is 0.114. The molecule has 0 aromatic carbocycles. The minimum atomic E-state index is -0.759. The first-order valence-corrected chi connectivity index (χ1v) is 2.57. The van der Waals surface area contributed by atoms with Crippen molar-refractivity contribution in [3.05, 3.63) is 0 Å². The summed E-state index contributed by atoms with van der Waals surface area (Å²) in [6.45, 7) is 0. The Bertz CT molecular complexity index is 46.8. The Balaban J connectivity index is 0. The predicted molar refractivity (Wildman–Crippen MR) is 26.5 cm³/mol. The van der Waals surface area contributed by atoms with Gasteiger partial charge in [-0.05, 0) is 0 Å². The molecule has 0 fully saturated rings. The van der Waals surface area contributed by atoms with Crippen LogP contribution in [0.2, 0.25) is 0 Å². The molecule has 6 heavy (non-hydrogen) atoms. The summed E-state index contributed by atoms with van der Waals surface area (Å²) < 4.78 is 0.192. The van der Waals surface area contributed by atoms with E-state index in [1.54, 1.807) is 22.6 Å². The Kier molecular flexibility index (Phi) is 10.4. The molecule has 0 aromatic heterocycles. The maximum absolute atomic E-state index is 9.36. The van der Waals surface area contributed by atoms with E-state index in [0.29, 0.717) is 0 Å². The number of halogens is 1. The number of carboxylic acid groups (broad SMARTS) is 1. The molecule has 4 heteroatoms. The SMILES string of the molecule is O=C(O)CI.[Cd]. The van der Waals surface area contributed by atoms with Crippen LogP contribution >= 0.6 is 22.6 Å². The zero-order valence-electron chi connectivity index (χ0n) is 3.15. The molecule has 0 heterocycles. The van der Waals surface area contributed by atoms with Gasteiger partial charge in [0.25, 0.3) is 0 Å². The van der Waals surface area contributed by atoms with Crippen LogP contribution in [-0.4, -0.2) is 15.5 Å². The molecule has 0 saturated carbocycles. The van der Waals surface area contributed by atoms with Crippen LogP contribution in [0.1, 0.15) is 0 Å². The number of carboxylic acids is 1. The largest absolute Gasteiger partial charge is 0.481 e.